The van der Waals surface area contributed by atoms with Gasteiger partial charge in [-0.25, -0.2) is 0 Å². The van der Waals surface area contributed by atoms with E-state index in [1.165, 1.54) is 24.0 Å². The van der Waals surface area contributed by atoms with Gasteiger partial charge in [0.15, 0.2) is 0 Å². The number of unbranched alkanes of at least 4 members (excludes halogenated alkanes) is 1. The molecule has 0 saturated heterocycles. The van der Waals surface area contributed by atoms with Crippen molar-refractivity contribution in [2.75, 3.05) is 0 Å². The lowest BCUT2D eigenvalue weighted by atomic mass is 9.86. The van der Waals surface area contributed by atoms with Crippen LogP contribution in [0.25, 0.3) is 0 Å². The first-order valence-electron chi connectivity index (χ1n) is 6.31. The van der Waals surface area contributed by atoms with Crippen molar-refractivity contribution in [2.45, 2.75) is 58.4 Å². The molecular weight excluding hydrogens is 194 g/mol. The van der Waals surface area contributed by atoms with E-state index in [-0.39, 0.29) is 11.5 Å². The standard InChI is InChI=1S/C15H25N/c1-5-6-7-14(16)12-8-10-13(11-9-12)15(2,3)4/h8-11,14H,5-7,16H2,1-4H3/t14-/m1/s1. The van der Waals surface area contributed by atoms with Crippen LogP contribution >= 0.6 is 0 Å². The first-order chi connectivity index (χ1) is 7.45. The van der Waals surface area contributed by atoms with Crippen LogP contribution in [0.5, 0.6) is 0 Å². The molecule has 1 heteroatoms. The molecule has 16 heavy (non-hydrogen) atoms. The second-order valence-electron chi connectivity index (χ2n) is 5.62. The molecule has 0 aliphatic heterocycles. The molecule has 1 rings (SSSR count). The number of nitrogens with two attached hydrogens (primary N) is 1. The minimum absolute atomic E-state index is 0.203. The molecular formula is C15H25N. The minimum Gasteiger partial charge on any atom is -0.324 e. The summed E-state index contributed by atoms with van der Waals surface area (Å²) in [5, 5.41) is 0. The molecule has 1 aromatic rings. The molecule has 1 aromatic carbocycles. The van der Waals surface area contributed by atoms with E-state index in [1.807, 2.05) is 0 Å². The largest absolute Gasteiger partial charge is 0.324 e. The van der Waals surface area contributed by atoms with Gasteiger partial charge in [0, 0.05) is 6.04 Å². The normalized spacial score (nSPS) is 13.8. The summed E-state index contributed by atoms with van der Waals surface area (Å²) in [4.78, 5) is 0. The maximum atomic E-state index is 6.14. The lowest BCUT2D eigenvalue weighted by Gasteiger charge is -2.20. The smallest absolute Gasteiger partial charge is 0.0294 e. The molecule has 2 N–H and O–H groups in total. The fourth-order valence-electron chi connectivity index (χ4n) is 1.82. The van der Waals surface area contributed by atoms with Crippen molar-refractivity contribution in [2.24, 2.45) is 5.73 Å². The zero-order valence-electron chi connectivity index (χ0n) is 11.1. The van der Waals surface area contributed by atoms with Gasteiger partial charge in [0.2, 0.25) is 0 Å². The van der Waals surface area contributed by atoms with Crippen LogP contribution in [0, 0.1) is 0 Å². The number of hydrogen-bond acceptors (Lipinski definition) is 1. The van der Waals surface area contributed by atoms with Gasteiger partial charge >= 0.3 is 0 Å². The summed E-state index contributed by atoms with van der Waals surface area (Å²) in [6, 6.07) is 8.98. The summed E-state index contributed by atoms with van der Waals surface area (Å²) >= 11 is 0. The van der Waals surface area contributed by atoms with E-state index in [0.717, 1.165) is 6.42 Å². The fourth-order valence-corrected chi connectivity index (χ4v) is 1.82. The number of hydrogen-bond donors (Lipinski definition) is 1. The summed E-state index contributed by atoms with van der Waals surface area (Å²) < 4.78 is 0. The average Bonchev–Trinajstić information content (AvgIpc) is 2.25. The van der Waals surface area contributed by atoms with Crippen LogP contribution in [0.1, 0.15) is 64.1 Å². The van der Waals surface area contributed by atoms with Crippen LogP contribution in [0.4, 0.5) is 0 Å². The van der Waals surface area contributed by atoms with Gasteiger partial charge in [0.25, 0.3) is 0 Å². The van der Waals surface area contributed by atoms with Crippen molar-refractivity contribution in [3.8, 4) is 0 Å². The van der Waals surface area contributed by atoms with E-state index in [4.69, 9.17) is 5.73 Å². The summed E-state index contributed by atoms with van der Waals surface area (Å²) in [5.74, 6) is 0. The number of benzene rings is 1. The summed E-state index contributed by atoms with van der Waals surface area (Å²) in [7, 11) is 0. The summed E-state index contributed by atoms with van der Waals surface area (Å²) in [6.07, 6.45) is 3.52. The third kappa shape index (κ3) is 3.64. The third-order valence-electron chi connectivity index (χ3n) is 3.07. The Labute approximate surface area is 100 Å². The Balaban J connectivity index is 2.71. The molecule has 0 aliphatic rings. The minimum atomic E-state index is 0.203. The molecule has 0 unspecified atom stereocenters. The van der Waals surface area contributed by atoms with Gasteiger partial charge in [-0.2, -0.15) is 0 Å². The molecule has 1 nitrogen and oxygen atoms in total. The molecule has 1 atom stereocenters. The van der Waals surface area contributed by atoms with Crippen molar-refractivity contribution in [1.82, 2.24) is 0 Å². The predicted molar refractivity (Wildman–Crippen MR) is 71.6 cm³/mol. The number of rotatable bonds is 4. The SMILES string of the molecule is CCCC[C@@H](N)c1ccc(C(C)(C)C)cc1. The molecule has 0 aliphatic carbocycles. The van der Waals surface area contributed by atoms with E-state index in [2.05, 4.69) is 52.0 Å². The Bertz CT molecular complexity index is 305. The maximum absolute atomic E-state index is 6.14. The predicted octanol–water partition coefficient (Wildman–Crippen LogP) is 4.17. The first-order valence-corrected chi connectivity index (χ1v) is 6.31. The maximum Gasteiger partial charge on any atom is 0.0294 e. The third-order valence-corrected chi connectivity index (χ3v) is 3.07. The molecule has 0 heterocycles. The molecule has 0 aromatic heterocycles. The monoisotopic (exact) mass is 219 g/mol. The lowest BCUT2D eigenvalue weighted by molar-refractivity contribution is 0.585. The van der Waals surface area contributed by atoms with Gasteiger partial charge in [-0.3, -0.25) is 0 Å². The van der Waals surface area contributed by atoms with Gasteiger partial charge in [-0.1, -0.05) is 64.8 Å². The Morgan fingerprint density at radius 2 is 1.69 bits per heavy atom. The quantitative estimate of drug-likeness (QED) is 0.808. The lowest BCUT2D eigenvalue weighted by Crippen LogP contribution is -2.13. The molecule has 0 amide bonds. The van der Waals surface area contributed by atoms with Crippen molar-refractivity contribution in [3.05, 3.63) is 35.4 Å². The van der Waals surface area contributed by atoms with Crippen LogP contribution in [-0.2, 0) is 5.41 Å². The second-order valence-corrected chi connectivity index (χ2v) is 5.62. The van der Waals surface area contributed by atoms with Crippen molar-refractivity contribution in [1.29, 1.82) is 0 Å². The van der Waals surface area contributed by atoms with Crippen molar-refractivity contribution >= 4 is 0 Å². The zero-order valence-corrected chi connectivity index (χ0v) is 11.1. The van der Waals surface area contributed by atoms with Crippen molar-refractivity contribution < 1.29 is 0 Å². The van der Waals surface area contributed by atoms with Gasteiger partial charge in [0.1, 0.15) is 0 Å². The van der Waals surface area contributed by atoms with Crippen LogP contribution in [0.15, 0.2) is 24.3 Å². The van der Waals surface area contributed by atoms with Gasteiger partial charge in [0.05, 0.1) is 0 Å². The highest BCUT2D eigenvalue weighted by Gasteiger charge is 2.13. The van der Waals surface area contributed by atoms with E-state index in [1.54, 1.807) is 0 Å². The van der Waals surface area contributed by atoms with Crippen LogP contribution < -0.4 is 5.73 Å². The van der Waals surface area contributed by atoms with Gasteiger partial charge in [-0.15, -0.1) is 0 Å². The van der Waals surface area contributed by atoms with Gasteiger partial charge < -0.3 is 5.73 Å². The van der Waals surface area contributed by atoms with Gasteiger partial charge in [-0.05, 0) is 23.0 Å². The highest BCUT2D eigenvalue weighted by molar-refractivity contribution is 5.29. The molecule has 0 bridgehead atoms. The van der Waals surface area contributed by atoms with Crippen LogP contribution in [0.2, 0.25) is 0 Å². The average molecular weight is 219 g/mol. The van der Waals surface area contributed by atoms with E-state index < -0.39 is 0 Å². The highest BCUT2D eigenvalue weighted by atomic mass is 14.6. The van der Waals surface area contributed by atoms with E-state index in [0.29, 0.717) is 0 Å². The molecule has 0 fully saturated rings. The van der Waals surface area contributed by atoms with E-state index >= 15 is 0 Å². The van der Waals surface area contributed by atoms with E-state index in [9.17, 15) is 0 Å². The molecule has 0 radical (unpaired) electrons. The Hall–Kier alpha value is -0.820. The molecule has 0 spiro atoms. The Morgan fingerprint density at radius 1 is 1.12 bits per heavy atom. The zero-order chi connectivity index (χ0) is 12.2. The topological polar surface area (TPSA) is 26.0 Å². The summed E-state index contributed by atoms with van der Waals surface area (Å²) in [5.41, 5.74) is 9.01. The van der Waals surface area contributed by atoms with Crippen molar-refractivity contribution in [3.63, 3.8) is 0 Å². The summed E-state index contributed by atoms with van der Waals surface area (Å²) in [6.45, 7) is 8.91. The van der Waals surface area contributed by atoms with Crippen LogP contribution in [0.3, 0.4) is 0 Å². The Kier molecular flexibility index (Phi) is 4.55. The Morgan fingerprint density at radius 3 is 2.12 bits per heavy atom. The molecule has 90 valence electrons. The fraction of sp³-hybridized carbons (Fsp3) is 0.600. The van der Waals surface area contributed by atoms with Crippen LogP contribution in [-0.4, -0.2) is 0 Å². The highest BCUT2D eigenvalue weighted by Crippen LogP contribution is 2.24. The second kappa shape index (κ2) is 5.49. The molecule has 0 saturated carbocycles. The first kappa shape index (κ1) is 13.2.